The van der Waals surface area contributed by atoms with Crippen LogP contribution in [0.2, 0.25) is 0 Å². The molecule has 2 aliphatic rings. The molecule has 0 aromatic carbocycles. The minimum Gasteiger partial charge on any atom is -0.353 e. The molecule has 2 unspecified atom stereocenters. The molecule has 1 aliphatic heterocycles. The summed E-state index contributed by atoms with van der Waals surface area (Å²) in [5.74, 6) is 1.48. The average Bonchev–Trinajstić information content (AvgIpc) is 2.78. The lowest BCUT2D eigenvalue weighted by molar-refractivity contribution is -0.132. The Balaban J connectivity index is 1.81. The molecule has 2 rings (SSSR count). The number of thioether (sulfide) groups is 1. The van der Waals surface area contributed by atoms with Gasteiger partial charge >= 0.3 is 0 Å². The third-order valence-corrected chi connectivity index (χ3v) is 5.61. The predicted octanol–water partition coefficient (Wildman–Crippen LogP) is 2.17. The molecule has 4 heteroatoms. The van der Waals surface area contributed by atoms with Crippen molar-refractivity contribution in [3.05, 3.63) is 0 Å². The Labute approximate surface area is 115 Å². The summed E-state index contributed by atoms with van der Waals surface area (Å²) < 4.78 is 0. The lowest BCUT2D eigenvalue weighted by Crippen LogP contribution is -2.48. The van der Waals surface area contributed by atoms with E-state index in [1.807, 2.05) is 11.8 Å². The van der Waals surface area contributed by atoms with Crippen molar-refractivity contribution in [3.8, 4) is 0 Å². The number of rotatable bonds is 4. The minimum atomic E-state index is -0.138. The Morgan fingerprint density at radius 3 is 2.78 bits per heavy atom. The molecule has 1 aliphatic carbocycles. The molecule has 1 amide bonds. The topological polar surface area (TPSA) is 41.1 Å². The van der Waals surface area contributed by atoms with Crippen LogP contribution in [0.4, 0.5) is 0 Å². The molecule has 0 aromatic rings. The van der Waals surface area contributed by atoms with Gasteiger partial charge in [-0.15, -0.1) is 0 Å². The highest BCUT2D eigenvalue weighted by Crippen LogP contribution is 2.32. The highest BCUT2D eigenvalue weighted by atomic mass is 32.2. The summed E-state index contributed by atoms with van der Waals surface area (Å²) in [6.07, 6.45) is 5.54. The molecule has 1 heterocycles. The summed E-state index contributed by atoms with van der Waals surface area (Å²) in [4.78, 5) is 12.4. The Bertz CT molecular complexity index is 290. The van der Waals surface area contributed by atoms with Gasteiger partial charge in [-0.1, -0.05) is 13.8 Å². The normalized spacial score (nSPS) is 31.2. The third kappa shape index (κ3) is 3.41. The first-order valence-corrected chi connectivity index (χ1v) is 8.32. The van der Waals surface area contributed by atoms with Crippen molar-refractivity contribution in [1.82, 2.24) is 10.6 Å². The summed E-state index contributed by atoms with van der Waals surface area (Å²) in [6, 6.07) is 0.424. The number of hydrogen-bond acceptors (Lipinski definition) is 3. The molecule has 1 saturated carbocycles. The van der Waals surface area contributed by atoms with Gasteiger partial charge in [-0.3, -0.25) is 4.79 Å². The molecule has 0 radical (unpaired) electrons. The van der Waals surface area contributed by atoms with Crippen LogP contribution in [0.3, 0.4) is 0 Å². The van der Waals surface area contributed by atoms with Crippen LogP contribution in [0.5, 0.6) is 0 Å². The molecule has 104 valence electrons. The maximum absolute atomic E-state index is 12.4. The van der Waals surface area contributed by atoms with E-state index in [1.165, 1.54) is 18.6 Å². The zero-order valence-corrected chi connectivity index (χ0v) is 12.4. The van der Waals surface area contributed by atoms with Crippen LogP contribution < -0.4 is 10.6 Å². The van der Waals surface area contributed by atoms with Gasteiger partial charge in [0.1, 0.15) is 0 Å². The van der Waals surface area contributed by atoms with Crippen molar-refractivity contribution in [2.45, 2.75) is 57.2 Å². The summed E-state index contributed by atoms with van der Waals surface area (Å²) in [5.41, 5.74) is -0.138. The lowest BCUT2D eigenvalue weighted by atomic mass is 9.80. The second-order valence-electron chi connectivity index (χ2n) is 5.87. The van der Waals surface area contributed by atoms with Gasteiger partial charge in [0.2, 0.25) is 5.91 Å². The van der Waals surface area contributed by atoms with Crippen LogP contribution >= 0.6 is 11.8 Å². The number of nitrogens with one attached hydrogen (secondary N) is 2. The zero-order chi connectivity index (χ0) is 13.0. The fourth-order valence-corrected chi connectivity index (χ4v) is 4.17. The van der Waals surface area contributed by atoms with Crippen LogP contribution in [-0.2, 0) is 4.79 Å². The Morgan fingerprint density at radius 1 is 1.39 bits per heavy atom. The van der Waals surface area contributed by atoms with Gasteiger partial charge in [0, 0.05) is 16.7 Å². The first-order chi connectivity index (χ1) is 8.64. The van der Waals surface area contributed by atoms with Crippen LogP contribution in [0.25, 0.3) is 0 Å². The van der Waals surface area contributed by atoms with E-state index >= 15 is 0 Å². The quantitative estimate of drug-likeness (QED) is 0.822. The zero-order valence-electron chi connectivity index (χ0n) is 11.6. The molecule has 18 heavy (non-hydrogen) atoms. The van der Waals surface area contributed by atoms with Gasteiger partial charge in [0.25, 0.3) is 0 Å². The van der Waals surface area contributed by atoms with E-state index in [4.69, 9.17) is 0 Å². The van der Waals surface area contributed by atoms with E-state index in [-0.39, 0.29) is 11.3 Å². The highest BCUT2D eigenvalue weighted by Gasteiger charge is 2.36. The molecular formula is C14H26N2OS. The Hall–Kier alpha value is -0.220. The smallest absolute Gasteiger partial charge is 0.226 e. The summed E-state index contributed by atoms with van der Waals surface area (Å²) >= 11 is 2.04. The standard InChI is InChI=1S/C14H26N2OS/c1-3-18-12-5-4-11(10-12)16-13(17)14(2)6-8-15-9-7-14/h11-12,15H,3-10H2,1-2H3,(H,16,17). The van der Waals surface area contributed by atoms with Gasteiger partial charge in [-0.2, -0.15) is 11.8 Å². The molecule has 3 nitrogen and oxygen atoms in total. The van der Waals surface area contributed by atoms with Crippen molar-refractivity contribution in [3.63, 3.8) is 0 Å². The summed E-state index contributed by atoms with van der Waals surface area (Å²) in [6.45, 7) is 6.29. The lowest BCUT2D eigenvalue weighted by Gasteiger charge is -2.33. The van der Waals surface area contributed by atoms with Crippen LogP contribution in [0.15, 0.2) is 0 Å². The van der Waals surface area contributed by atoms with Crippen molar-refractivity contribution >= 4 is 17.7 Å². The van der Waals surface area contributed by atoms with E-state index in [9.17, 15) is 4.79 Å². The van der Waals surface area contributed by atoms with E-state index in [0.717, 1.165) is 37.6 Å². The summed E-state index contributed by atoms with van der Waals surface area (Å²) in [7, 11) is 0. The molecule has 0 spiro atoms. The average molecular weight is 270 g/mol. The fraction of sp³-hybridized carbons (Fsp3) is 0.929. The first-order valence-electron chi connectivity index (χ1n) is 7.27. The van der Waals surface area contributed by atoms with Gasteiger partial charge in [0.05, 0.1) is 0 Å². The number of carbonyl (C=O) groups excluding carboxylic acids is 1. The largest absolute Gasteiger partial charge is 0.353 e. The Morgan fingerprint density at radius 2 is 2.11 bits per heavy atom. The number of amides is 1. The van der Waals surface area contributed by atoms with Crippen LogP contribution in [0.1, 0.15) is 46.0 Å². The molecule has 2 N–H and O–H groups in total. The van der Waals surface area contributed by atoms with Crippen LogP contribution in [-0.4, -0.2) is 36.0 Å². The van der Waals surface area contributed by atoms with Gasteiger partial charge in [0.15, 0.2) is 0 Å². The number of hydrogen-bond donors (Lipinski definition) is 2. The maximum atomic E-state index is 12.4. The third-order valence-electron chi connectivity index (χ3n) is 4.38. The maximum Gasteiger partial charge on any atom is 0.226 e. The Kier molecular flexibility index (Phi) is 4.96. The van der Waals surface area contributed by atoms with E-state index in [0.29, 0.717) is 6.04 Å². The fourth-order valence-electron chi connectivity index (χ4n) is 3.02. The van der Waals surface area contributed by atoms with Gasteiger partial charge in [-0.05, 0) is 50.9 Å². The SMILES string of the molecule is CCSC1CCC(NC(=O)C2(C)CCNCC2)C1. The number of piperidine rings is 1. The van der Waals surface area contributed by atoms with Gasteiger partial charge < -0.3 is 10.6 Å². The van der Waals surface area contributed by atoms with Crippen molar-refractivity contribution in [1.29, 1.82) is 0 Å². The summed E-state index contributed by atoms with van der Waals surface area (Å²) in [5, 5.41) is 7.39. The molecular weight excluding hydrogens is 244 g/mol. The molecule has 2 fully saturated rings. The predicted molar refractivity (Wildman–Crippen MR) is 77.9 cm³/mol. The molecule has 0 bridgehead atoms. The van der Waals surface area contributed by atoms with Crippen molar-refractivity contribution in [2.24, 2.45) is 5.41 Å². The van der Waals surface area contributed by atoms with Crippen molar-refractivity contribution < 1.29 is 4.79 Å². The highest BCUT2D eigenvalue weighted by molar-refractivity contribution is 7.99. The monoisotopic (exact) mass is 270 g/mol. The van der Waals surface area contributed by atoms with E-state index < -0.39 is 0 Å². The minimum absolute atomic E-state index is 0.138. The van der Waals surface area contributed by atoms with Gasteiger partial charge in [-0.25, -0.2) is 0 Å². The number of carbonyl (C=O) groups is 1. The van der Waals surface area contributed by atoms with E-state index in [1.54, 1.807) is 0 Å². The molecule has 2 atom stereocenters. The second kappa shape index (κ2) is 6.29. The van der Waals surface area contributed by atoms with Crippen LogP contribution in [0, 0.1) is 5.41 Å². The molecule has 0 aromatic heterocycles. The first kappa shape index (κ1) is 14.2. The molecule has 1 saturated heterocycles. The van der Waals surface area contributed by atoms with E-state index in [2.05, 4.69) is 24.5 Å². The van der Waals surface area contributed by atoms with Crippen molar-refractivity contribution in [2.75, 3.05) is 18.8 Å². The second-order valence-corrected chi connectivity index (χ2v) is 7.45.